The predicted octanol–water partition coefficient (Wildman–Crippen LogP) is 9.92. The van der Waals surface area contributed by atoms with Gasteiger partial charge in [-0.15, -0.1) is 12.6 Å². The molecule has 0 saturated heterocycles. The minimum absolute atomic E-state index is 0.970. The summed E-state index contributed by atoms with van der Waals surface area (Å²) in [5.41, 5.74) is 5.07. The molecule has 0 radical (unpaired) electrons. The Hall–Kier alpha value is -4.07. The molecule has 7 aromatic rings. The minimum Gasteiger partial charge on any atom is -0.143 e. The maximum atomic E-state index is 4.77. The van der Waals surface area contributed by atoms with Crippen molar-refractivity contribution in [1.82, 2.24) is 0 Å². The Morgan fingerprint density at radius 2 is 0.771 bits per heavy atom. The molecule has 0 fully saturated rings. The van der Waals surface area contributed by atoms with Crippen LogP contribution in [0.1, 0.15) is 0 Å². The smallest absolute Gasteiger partial charge is 0.00465 e. The van der Waals surface area contributed by atoms with Crippen LogP contribution in [0, 0.1) is 0 Å². The number of thiol groups is 1. The molecule has 0 aliphatic heterocycles. The van der Waals surface area contributed by atoms with Crippen molar-refractivity contribution in [1.29, 1.82) is 0 Å². The van der Waals surface area contributed by atoms with E-state index in [4.69, 9.17) is 12.6 Å². The van der Waals surface area contributed by atoms with Gasteiger partial charge in [-0.25, -0.2) is 0 Å². The Kier molecular flexibility index (Phi) is 4.65. The third-order valence-electron chi connectivity index (χ3n) is 7.13. The van der Waals surface area contributed by atoms with E-state index in [0.717, 1.165) is 4.90 Å². The molecule has 0 saturated carbocycles. The zero-order valence-electron chi connectivity index (χ0n) is 19.1. The largest absolute Gasteiger partial charge is 0.143 e. The number of rotatable bonds is 2. The molecule has 35 heavy (non-hydrogen) atoms. The topological polar surface area (TPSA) is 0 Å². The number of hydrogen-bond donors (Lipinski definition) is 1. The number of fused-ring (bicyclic) bond motifs is 4. The van der Waals surface area contributed by atoms with E-state index in [-0.39, 0.29) is 0 Å². The fourth-order valence-corrected chi connectivity index (χ4v) is 5.84. The highest BCUT2D eigenvalue weighted by Crippen LogP contribution is 2.46. The first-order chi connectivity index (χ1) is 17.3. The van der Waals surface area contributed by atoms with Gasteiger partial charge in [0.2, 0.25) is 0 Å². The van der Waals surface area contributed by atoms with Gasteiger partial charge in [-0.1, -0.05) is 115 Å². The van der Waals surface area contributed by atoms with E-state index >= 15 is 0 Å². The van der Waals surface area contributed by atoms with Gasteiger partial charge in [0.1, 0.15) is 0 Å². The molecule has 164 valence electrons. The van der Waals surface area contributed by atoms with E-state index in [1.54, 1.807) is 0 Å². The van der Waals surface area contributed by atoms with Crippen LogP contribution in [-0.2, 0) is 0 Å². The zero-order chi connectivity index (χ0) is 23.4. The maximum absolute atomic E-state index is 4.77. The molecule has 0 aromatic heterocycles. The van der Waals surface area contributed by atoms with Crippen LogP contribution in [0.2, 0.25) is 0 Å². The van der Waals surface area contributed by atoms with E-state index in [2.05, 4.69) is 127 Å². The van der Waals surface area contributed by atoms with Gasteiger partial charge in [0.15, 0.2) is 0 Å². The normalized spacial score (nSPS) is 11.6. The maximum Gasteiger partial charge on any atom is 0.00465 e. The first-order valence-corrected chi connectivity index (χ1v) is 12.4. The quantitative estimate of drug-likeness (QED) is 0.192. The molecule has 0 aliphatic carbocycles. The molecule has 7 aromatic carbocycles. The molecular formula is C34H22S. The van der Waals surface area contributed by atoms with Crippen molar-refractivity contribution in [2.24, 2.45) is 0 Å². The second-order valence-electron chi connectivity index (χ2n) is 9.08. The fraction of sp³-hybridized carbons (Fsp3) is 0. The molecule has 0 spiro atoms. The van der Waals surface area contributed by atoms with E-state index in [0.29, 0.717) is 0 Å². The molecule has 1 heteroatoms. The summed E-state index contributed by atoms with van der Waals surface area (Å²) < 4.78 is 0. The van der Waals surface area contributed by atoms with Crippen molar-refractivity contribution in [3.8, 4) is 22.3 Å². The van der Waals surface area contributed by atoms with E-state index in [9.17, 15) is 0 Å². The van der Waals surface area contributed by atoms with Crippen LogP contribution in [0.3, 0.4) is 0 Å². The van der Waals surface area contributed by atoms with Crippen molar-refractivity contribution in [3.05, 3.63) is 127 Å². The summed E-state index contributed by atoms with van der Waals surface area (Å²) >= 11 is 4.77. The Morgan fingerprint density at radius 1 is 0.343 bits per heavy atom. The Morgan fingerprint density at radius 3 is 1.34 bits per heavy atom. The summed E-state index contributed by atoms with van der Waals surface area (Å²) in [7, 11) is 0. The highest BCUT2D eigenvalue weighted by Gasteiger charge is 2.19. The molecular weight excluding hydrogens is 440 g/mol. The summed E-state index contributed by atoms with van der Waals surface area (Å²) in [6.07, 6.45) is 0. The highest BCUT2D eigenvalue weighted by atomic mass is 32.1. The summed E-state index contributed by atoms with van der Waals surface area (Å²) in [6, 6.07) is 46.0. The van der Waals surface area contributed by atoms with Crippen LogP contribution in [-0.4, -0.2) is 0 Å². The average molecular weight is 463 g/mol. The molecule has 0 nitrogen and oxygen atoms in total. The minimum atomic E-state index is 0.970. The molecule has 0 atom stereocenters. The molecule has 0 N–H and O–H groups in total. The average Bonchev–Trinajstić information content (AvgIpc) is 2.91. The summed E-state index contributed by atoms with van der Waals surface area (Å²) in [4.78, 5) is 0.970. The Bertz CT molecular complexity index is 1900. The highest BCUT2D eigenvalue weighted by molar-refractivity contribution is 7.80. The van der Waals surface area contributed by atoms with E-state index in [1.165, 1.54) is 65.3 Å². The SMILES string of the molecule is Sc1ccc2c(-c3cccc4ccccc34)c3ccccc3c(-c3cccc4ccccc34)c2c1. The van der Waals surface area contributed by atoms with Crippen LogP contribution in [0.5, 0.6) is 0 Å². The number of hydrogen-bond acceptors (Lipinski definition) is 1. The van der Waals surface area contributed by atoms with Gasteiger partial charge in [0.25, 0.3) is 0 Å². The van der Waals surface area contributed by atoms with E-state index in [1.807, 2.05) is 0 Å². The first kappa shape index (κ1) is 20.3. The van der Waals surface area contributed by atoms with Gasteiger partial charge < -0.3 is 0 Å². The fourth-order valence-electron chi connectivity index (χ4n) is 5.63. The van der Waals surface area contributed by atoms with Gasteiger partial charge in [-0.2, -0.15) is 0 Å². The van der Waals surface area contributed by atoms with Crippen LogP contribution in [0.15, 0.2) is 132 Å². The molecule has 0 unspecified atom stereocenters. The standard InChI is InChI=1S/C34H22S/c35-24-19-20-31-32(21-24)34(28-18-8-12-23-10-2-4-14-26(23)28)30-16-6-5-15-29(30)33(31)27-17-7-11-22-9-1-3-13-25(22)27/h1-21,35H. The number of benzene rings is 7. The van der Waals surface area contributed by atoms with Crippen molar-refractivity contribution in [3.63, 3.8) is 0 Å². The lowest BCUT2D eigenvalue weighted by Gasteiger charge is -2.20. The van der Waals surface area contributed by atoms with E-state index < -0.39 is 0 Å². The monoisotopic (exact) mass is 462 g/mol. The summed E-state index contributed by atoms with van der Waals surface area (Å²) in [6.45, 7) is 0. The summed E-state index contributed by atoms with van der Waals surface area (Å²) in [5.74, 6) is 0. The van der Waals surface area contributed by atoms with Crippen molar-refractivity contribution >= 4 is 55.7 Å². The Labute approximate surface area is 209 Å². The van der Waals surface area contributed by atoms with Crippen molar-refractivity contribution in [2.45, 2.75) is 4.90 Å². The lowest BCUT2D eigenvalue weighted by molar-refractivity contribution is 1.53. The van der Waals surface area contributed by atoms with Crippen LogP contribution in [0.25, 0.3) is 65.3 Å². The Balaban J connectivity index is 1.72. The van der Waals surface area contributed by atoms with Crippen LogP contribution >= 0.6 is 12.6 Å². The van der Waals surface area contributed by atoms with Crippen molar-refractivity contribution in [2.75, 3.05) is 0 Å². The van der Waals surface area contributed by atoms with Gasteiger partial charge >= 0.3 is 0 Å². The van der Waals surface area contributed by atoms with Gasteiger partial charge in [-0.05, 0) is 77.5 Å². The predicted molar refractivity (Wildman–Crippen MR) is 155 cm³/mol. The second kappa shape index (κ2) is 8.01. The lowest BCUT2D eigenvalue weighted by atomic mass is 9.84. The van der Waals surface area contributed by atoms with Crippen LogP contribution < -0.4 is 0 Å². The van der Waals surface area contributed by atoms with Crippen molar-refractivity contribution < 1.29 is 0 Å². The third-order valence-corrected chi connectivity index (χ3v) is 7.40. The summed E-state index contributed by atoms with van der Waals surface area (Å²) in [5, 5.41) is 10.1. The molecule has 0 aliphatic rings. The zero-order valence-corrected chi connectivity index (χ0v) is 20.0. The van der Waals surface area contributed by atoms with Gasteiger partial charge in [-0.3, -0.25) is 0 Å². The lowest BCUT2D eigenvalue weighted by Crippen LogP contribution is -1.92. The van der Waals surface area contributed by atoms with Gasteiger partial charge in [0.05, 0.1) is 0 Å². The third kappa shape index (κ3) is 3.16. The molecule has 0 heterocycles. The van der Waals surface area contributed by atoms with Crippen LogP contribution in [0.4, 0.5) is 0 Å². The molecule has 0 bridgehead atoms. The molecule has 0 amide bonds. The second-order valence-corrected chi connectivity index (χ2v) is 9.60. The first-order valence-electron chi connectivity index (χ1n) is 11.9. The molecule has 7 rings (SSSR count). The van der Waals surface area contributed by atoms with Gasteiger partial charge in [0, 0.05) is 4.90 Å².